The zero-order valence-corrected chi connectivity index (χ0v) is 15.3. The van der Waals surface area contributed by atoms with Gasteiger partial charge in [-0.1, -0.05) is 6.92 Å². The lowest BCUT2D eigenvalue weighted by molar-refractivity contribution is -0.116. The normalized spacial score (nSPS) is 11.0. The molecule has 9 nitrogen and oxygen atoms in total. The summed E-state index contributed by atoms with van der Waals surface area (Å²) in [6.07, 6.45) is 4.51. The molecule has 0 saturated heterocycles. The van der Waals surface area contributed by atoms with Crippen LogP contribution in [0.15, 0.2) is 18.3 Å². The fourth-order valence-electron chi connectivity index (χ4n) is 2.69. The molecule has 0 aromatic carbocycles. The van der Waals surface area contributed by atoms with Crippen molar-refractivity contribution in [3.8, 4) is 5.88 Å². The first-order valence-corrected chi connectivity index (χ1v) is 8.70. The van der Waals surface area contributed by atoms with Crippen LogP contribution in [0.3, 0.4) is 0 Å². The van der Waals surface area contributed by atoms with Crippen LogP contribution < -0.4 is 10.1 Å². The maximum absolute atomic E-state index is 12.2. The van der Waals surface area contributed by atoms with Crippen LogP contribution in [0.2, 0.25) is 0 Å². The molecular formula is C17H23N7O2. The van der Waals surface area contributed by atoms with Crippen LogP contribution in [0.5, 0.6) is 5.88 Å². The van der Waals surface area contributed by atoms with Crippen molar-refractivity contribution in [2.24, 2.45) is 0 Å². The van der Waals surface area contributed by atoms with Crippen molar-refractivity contribution in [3.05, 3.63) is 29.8 Å². The molecule has 0 atom stereocenters. The fourth-order valence-corrected chi connectivity index (χ4v) is 2.69. The summed E-state index contributed by atoms with van der Waals surface area (Å²) in [4.78, 5) is 12.2. The minimum absolute atomic E-state index is 0.0384. The average Bonchev–Trinajstić information content (AvgIpc) is 3.18. The third kappa shape index (κ3) is 3.98. The van der Waals surface area contributed by atoms with E-state index < -0.39 is 0 Å². The lowest BCUT2D eigenvalue weighted by Gasteiger charge is -2.04. The minimum atomic E-state index is -0.0384. The van der Waals surface area contributed by atoms with E-state index in [0.29, 0.717) is 36.6 Å². The maximum atomic E-state index is 12.2. The molecule has 9 heteroatoms. The molecule has 0 fully saturated rings. The van der Waals surface area contributed by atoms with Crippen LogP contribution in [-0.4, -0.2) is 42.6 Å². The zero-order valence-electron chi connectivity index (χ0n) is 15.3. The number of nitrogens with zero attached hydrogens (tertiary/aromatic N) is 6. The molecule has 0 saturated carbocycles. The lowest BCUT2D eigenvalue weighted by atomic mass is 10.2. The van der Waals surface area contributed by atoms with Gasteiger partial charge in [0, 0.05) is 31.6 Å². The number of anilines is 1. The highest BCUT2D eigenvalue weighted by Crippen LogP contribution is 2.14. The summed E-state index contributed by atoms with van der Waals surface area (Å²) in [7, 11) is 1.56. The Balaban J connectivity index is 1.55. The van der Waals surface area contributed by atoms with Gasteiger partial charge in [-0.05, 0) is 25.8 Å². The molecule has 1 N–H and O–H groups in total. The van der Waals surface area contributed by atoms with Crippen LogP contribution in [0.1, 0.15) is 37.7 Å². The Morgan fingerprint density at radius 2 is 2.12 bits per heavy atom. The van der Waals surface area contributed by atoms with Gasteiger partial charge in [-0.2, -0.15) is 9.61 Å². The first kappa shape index (κ1) is 17.8. The number of ether oxygens (including phenoxy) is 1. The predicted octanol–water partition coefficient (Wildman–Crippen LogP) is 2.01. The van der Waals surface area contributed by atoms with E-state index in [1.165, 1.54) is 0 Å². The molecule has 26 heavy (non-hydrogen) atoms. The number of amides is 1. The summed E-state index contributed by atoms with van der Waals surface area (Å²) >= 11 is 0. The van der Waals surface area contributed by atoms with Gasteiger partial charge >= 0.3 is 0 Å². The molecule has 1 amide bonds. The van der Waals surface area contributed by atoms with E-state index in [2.05, 4.69) is 32.6 Å². The molecule has 0 bridgehead atoms. The van der Waals surface area contributed by atoms with Crippen LogP contribution in [-0.2, 0) is 17.8 Å². The van der Waals surface area contributed by atoms with Crippen molar-refractivity contribution < 1.29 is 9.53 Å². The van der Waals surface area contributed by atoms with E-state index in [1.807, 2.05) is 17.8 Å². The number of nitrogens with one attached hydrogen (secondary N) is 1. The summed E-state index contributed by atoms with van der Waals surface area (Å²) in [5.41, 5.74) is 2.25. The molecule has 3 aromatic heterocycles. The van der Waals surface area contributed by atoms with E-state index in [-0.39, 0.29) is 5.91 Å². The van der Waals surface area contributed by atoms with Crippen LogP contribution >= 0.6 is 0 Å². The second-order valence-electron chi connectivity index (χ2n) is 6.05. The van der Waals surface area contributed by atoms with E-state index in [4.69, 9.17) is 4.74 Å². The molecule has 3 heterocycles. The van der Waals surface area contributed by atoms with Gasteiger partial charge in [0.1, 0.15) is 0 Å². The molecule has 0 unspecified atom stereocenters. The van der Waals surface area contributed by atoms with Gasteiger partial charge in [0.15, 0.2) is 11.5 Å². The number of fused-ring (bicyclic) bond motifs is 1. The molecule has 0 aliphatic carbocycles. The van der Waals surface area contributed by atoms with Crippen LogP contribution in [0.4, 0.5) is 5.69 Å². The number of aromatic nitrogens is 6. The summed E-state index contributed by atoms with van der Waals surface area (Å²) < 4.78 is 8.63. The topological polar surface area (TPSA) is 99.2 Å². The Morgan fingerprint density at radius 1 is 1.27 bits per heavy atom. The summed E-state index contributed by atoms with van der Waals surface area (Å²) in [6.45, 7) is 4.82. The number of carbonyl (C=O) groups is 1. The molecule has 0 aliphatic heterocycles. The second-order valence-corrected chi connectivity index (χ2v) is 6.05. The zero-order chi connectivity index (χ0) is 18.5. The van der Waals surface area contributed by atoms with Crippen LogP contribution in [0.25, 0.3) is 5.65 Å². The number of carbonyl (C=O) groups excluding carboxylic acids is 1. The molecule has 3 rings (SSSR count). The smallest absolute Gasteiger partial charge is 0.231 e. The Labute approximate surface area is 151 Å². The van der Waals surface area contributed by atoms with Gasteiger partial charge in [-0.3, -0.25) is 9.48 Å². The van der Waals surface area contributed by atoms with Gasteiger partial charge < -0.3 is 10.1 Å². The molecule has 138 valence electrons. The highest BCUT2D eigenvalue weighted by Gasteiger charge is 2.11. The van der Waals surface area contributed by atoms with Gasteiger partial charge in [0.05, 0.1) is 18.5 Å². The molecular weight excluding hydrogens is 334 g/mol. The van der Waals surface area contributed by atoms with Crippen molar-refractivity contribution in [3.63, 3.8) is 0 Å². The molecule has 0 spiro atoms. The van der Waals surface area contributed by atoms with Gasteiger partial charge in [-0.25, -0.2) is 0 Å². The molecule has 0 radical (unpaired) electrons. The van der Waals surface area contributed by atoms with Crippen LogP contribution in [0, 0.1) is 6.92 Å². The molecule has 3 aromatic rings. The van der Waals surface area contributed by atoms with E-state index >= 15 is 0 Å². The second kappa shape index (κ2) is 7.94. The summed E-state index contributed by atoms with van der Waals surface area (Å²) in [5, 5.41) is 19.8. The summed E-state index contributed by atoms with van der Waals surface area (Å²) in [6, 6.07) is 3.54. The van der Waals surface area contributed by atoms with Gasteiger partial charge in [-0.15, -0.1) is 15.3 Å². The molecule has 0 aliphatic rings. The highest BCUT2D eigenvalue weighted by molar-refractivity contribution is 5.91. The van der Waals surface area contributed by atoms with Gasteiger partial charge in [0.25, 0.3) is 0 Å². The van der Waals surface area contributed by atoms with E-state index in [1.54, 1.807) is 23.8 Å². The van der Waals surface area contributed by atoms with Crippen molar-refractivity contribution >= 4 is 17.2 Å². The lowest BCUT2D eigenvalue weighted by Crippen LogP contribution is -2.12. The fraction of sp³-hybridized carbons (Fsp3) is 0.471. The average molecular weight is 357 g/mol. The number of methoxy groups -OCH3 is 1. The first-order valence-electron chi connectivity index (χ1n) is 8.70. The predicted molar refractivity (Wildman–Crippen MR) is 96.2 cm³/mol. The van der Waals surface area contributed by atoms with Crippen molar-refractivity contribution in [1.29, 1.82) is 0 Å². The van der Waals surface area contributed by atoms with Crippen molar-refractivity contribution in [1.82, 2.24) is 29.6 Å². The Bertz CT molecular complexity index is 900. The highest BCUT2D eigenvalue weighted by atomic mass is 16.5. The number of hydrogen-bond acceptors (Lipinski definition) is 6. The summed E-state index contributed by atoms with van der Waals surface area (Å²) in [5.74, 6) is 1.16. The number of rotatable bonds is 8. The van der Waals surface area contributed by atoms with Gasteiger partial charge in [0.2, 0.25) is 11.8 Å². The monoisotopic (exact) mass is 357 g/mol. The van der Waals surface area contributed by atoms with E-state index in [9.17, 15) is 4.79 Å². The third-order valence-corrected chi connectivity index (χ3v) is 3.99. The Kier molecular flexibility index (Phi) is 5.45. The van der Waals surface area contributed by atoms with Crippen molar-refractivity contribution in [2.45, 2.75) is 46.1 Å². The Morgan fingerprint density at radius 3 is 2.88 bits per heavy atom. The third-order valence-electron chi connectivity index (χ3n) is 3.99. The number of aryl methyl sites for hydroxylation is 3. The van der Waals surface area contributed by atoms with Crippen molar-refractivity contribution in [2.75, 3.05) is 12.4 Å². The first-order chi connectivity index (χ1) is 12.6. The largest absolute Gasteiger partial charge is 0.480 e. The quantitative estimate of drug-likeness (QED) is 0.662. The maximum Gasteiger partial charge on any atom is 0.231 e. The SMILES string of the molecule is CCCn1cc(NC(=O)CCCc2nnc3ccc(OC)nn23)c(C)n1. The Hall–Kier alpha value is -2.97. The number of hydrogen-bond donors (Lipinski definition) is 1. The standard InChI is InChI=1S/C17H23N7O2/c1-4-10-23-11-13(12(2)21-23)18-16(25)7-5-6-14-19-20-15-8-9-17(26-3)22-24(14)15/h8-9,11H,4-7,10H2,1-3H3,(H,18,25). The van der Waals surface area contributed by atoms with E-state index in [0.717, 1.165) is 24.3 Å². The minimum Gasteiger partial charge on any atom is -0.480 e.